The molecule has 0 unspecified atom stereocenters. The van der Waals surface area contributed by atoms with Crippen molar-refractivity contribution in [2.24, 2.45) is 0 Å². The van der Waals surface area contributed by atoms with Crippen molar-refractivity contribution in [3.05, 3.63) is 81.8 Å². The summed E-state index contributed by atoms with van der Waals surface area (Å²) in [6.45, 7) is 0.348. The van der Waals surface area contributed by atoms with Crippen LogP contribution in [-0.2, 0) is 24.2 Å². The van der Waals surface area contributed by atoms with E-state index in [4.69, 9.17) is 4.74 Å². The first-order valence-electron chi connectivity index (χ1n) is 8.88. The summed E-state index contributed by atoms with van der Waals surface area (Å²) in [6.07, 6.45) is 2.48. The first kappa shape index (κ1) is 19.2. The summed E-state index contributed by atoms with van der Waals surface area (Å²) in [7, 11) is 1.60. The van der Waals surface area contributed by atoms with Crippen LogP contribution in [0.5, 0.6) is 5.75 Å². The average Bonchev–Trinajstić information content (AvgIpc) is 2.72. The maximum atomic E-state index is 12.2. The second-order valence-electron chi connectivity index (χ2n) is 6.17. The number of hydrogen-bond acceptors (Lipinski definition) is 6. The molecule has 0 spiro atoms. The molecule has 0 saturated carbocycles. The van der Waals surface area contributed by atoms with E-state index in [0.29, 0.717) is 18.8 Å². The lowest BCUT2D eigenvalue weighted by molar-refractivity contribution is -0.121. The number of hydrogen-bond donors (Lipinski definition) is 2. The Morgan fingerprint density at radius 3 is 2.82 bits per heavy atom. The fourth-order valence-corrected chi connectivity index (χ4v) is 2.63. The Bertz CT molecular complexity index is 988. The number of nitrogens with zero attached hydrogens (tertiary/aromatic N) is 3. The highest BCUT2D eigenvalue weighted by Gasteiger charge is 2.09. The van der Waals surface area contributed by atoms with Crippen molar-refractivity contribution >= 4 is 5.91 Å². The smallest absolute Gasteiger partial charge is 0.272 e. The molecule has 144 valence electrons. The van der Waals surface area contributed by atoms with Gasteiger partial charge in [-0.1, -0.05) is 18.2 Å². The Balaban J connectivity index is 1.53. The topological polar surface area (TPSA) is 110 Å². The third kappa shape index (κ3) is 5.47. The van der Waals surface area contributed by atoms with Crippen LogP contribution in [0.1, 0.15) is 29.2 Å². The molecule has 8 nitrogen and oxygen atoms in total. The predicted octanol–water partition coefficient (Wildman–Crippen LogP) is 1.41. The number of carbonyl (C=O) groups excluding carboxylic acids is 1. The van der Waals surface area contributed by atoms with Gasteiger partial charge in [0.2, 0.25) is 5.91 Å². The zero-order chi connectivity index (χ0) is 19.8. The zero-order valence-corrected chi connectivity index (χ0v) is 15.5. The third-order valence-corrected chi connectivity index (χ3v) is 4.10. The first-order chi connectivity index (χ1) is 13.6. The summed E-state index contributed by atoms with van der Waals surface area (Å²) in [4.78, 5) is 31.0. The van der Waals surface area contributed by atoms with Gasteiger partial charge in [0.15, 0.2) is 0 Å². The SMILES string of the molecule is COc1cccc(Cc2nnc(CCC(=O)NCc3ccccn3)c(=O)[nH]2)c1. The fourth-order valence-electron chi connectivity index (χ4n) is 2.63. The van der Waals surface area contributed by atoms with Crippen LogP contribution in [-0.4, -0.2) is 33.2 Å². The van der Waals surface area contributed by atoms with E-state index in [0.717, 1.165) is 17.0 Å². The lowest BCUT2D eigenvalue weighted by Gasteiger charge is -2.05. The summed E-state index contributed by atoms with van der Waals surface area (Å²) in [6, 6.07) is 13.0. The number of aromatic nitrogens is 4. The molecule has 0 atom stereocenters. The van der Waals surface area contributed by atoms with E-state index < -0.39 is 0 Å². The number of H-pyrrole nitrogens is 1. The van der Waals surface area contributed by atoms with Gasteiger partial charge in [0.05, 0.1) is 19.3 Å². The normalized spacial score (nSPS) is 10.5. The number of aryl methyl sites for hydroxylation is 1. The van der Waals surface area contributed by atoms with Crippen LogP contribution >= 0.6 is 0 Å². The van der Waals surface area contributed by atoms with Crippen molar-refractivity contribution in [2.45, 2.75) is 25.8 Å². The molecule has 0 radical (unpaired) electrons. The number of methoxy groups -OCH3 is 1. The van der Waals surface area contributed by atoms with Crippen LogP contribution in [0.15, 0.2) is 53.5 Å². The molecule has 28 heavy (non-hydrogen) atoms. The van der Waals surface area contributed by atoms with Crippen LogP contribution in [0, 0.1) is 0 Å². The van der Waals surface area contributed by atoms with Crippen molar-refractivity contribution in [3.63, 3.8) is 0 Å². The van der Waals surface area contributed by atoms with Gasteiger partial charge in [0.25, 0.3) is 5.56 Å². The maximum absolute atomic E-state index is 12.2. The Morgan fingerprint density at radius 2 is 2.07 bits per heavy atom. The van der Waals surface area contributed by atoms with Crippen molar-refractivity contribution in [1.82, 2.24) is 25.5 Å². The van der Waals surface area contributed by atoms with Crippen LogP contribution in [0.25, 0.3) is 0 Å². The van der Waals surface area contributed by atoms with Crippen molar-refractivity contribution in [2.75, 3.05) is 7.11 Å². The Morgan fingerprint density at radius 1 is 1.18 bits per heavy atom. The highest BCUT2D eigenvalue weighted by Crippen LogP contribution is 2.14. The van der Waals surface area contributed by atoms with Gasteiger partial charge in [-0.25, -0.2) is 0 Å². The van der Waals surface area contributed by atoms with Gasteiger partial charge in [-0.3, -0.25) is 14.6 Å². The number of aromatic amines is 1. The molecule has 2 N–H and O–H groups in total. The van der Waals surface area contributed by atoms with E-state index in [1.807, 2.05) is 42.5 Å². The second kappa shape index (κ2) is 9.40. The first-order valence-corrected chi connectivity index (χ1v) is 8.88. The average molecular weight is 379 g/mol. The molecular weight excluding hydrogens is 358 g/mol. The van der Waals surface area contributed by atoms with Crippen LogP contribution in [0.4, 0.5) is 0 Å². The third-order valence-electron chi connectivity index (χ3n) is 4.10. The molecule has 0 aliphatic rings. The highest BCUT2D eigenvalue weighted by molar-refractivity contribution is 5.76. The molecular formula is C20H21N5O3. The molecule has 8 heteroatoms. The number of amides is 1. The highest BCUT2D eigenvalue weighted by atomic mass is 16.5. The van der Waals surface area contributed by atoms with Crippen molar-refractivity contribution in [1.29, 1.82) is 0 Å². The molecule has 0 bridgehead atoms. The number of benzene rings is 1. The summed E-state index contributed by atoms with van der Waals surface area (Å²) in [5.41, 5.74) is 1.63. The quantitative estimate of drug-likeness (QED) is 0.612. The Kier molecular flexibility index (Phi) is 6.46. The molecule has 2 heterocycles. The number of pyridine rings is 1. The molecule has 3 rings (SSSR count). The van der Waals surface area contributed by atoms with Gasteiger partial charge in [-0.05, 0) is 29.8 Å². The molecule has 1 amide bonds. The lowest BCUT2D eigenvalue weighted by Crippen LogP contribution is -2.26. The van der Waals surface area contributed by atoms with E-state index >= 15 is 0 Å². The Hall–Kier alpha value is -3.55. The summed E-state index contributed by atoms with van der Waals surface area (Å²) in [5, 5.41) is 10.8. The number of ether oxygens (including phenoxy) is 1. The molecule has 1 aromatic carbocycles. The van der Waals surface area contributed by atoms with Gasteiger partial charge >= 0.3 is 0 Å². The minimum Gasteiger partial charge on any atom is -0.497 e. The van der Waals surface area contributed by atoms with Gasteiger partial charge in [-0.15, -0.1) is 10.2 Å². The van der Waals surface area contributed by atoms with Gasteiger partial charge in [-0.2, -0.15) is 0 Å². The number of rotatable bonds is 8. The molecule has 0 aliphatic heterocycles. The van der Waals surface area contributed by atoms with Gasteiger partial charge in [0.1, 0.15) is 17.3 Å². The van der Waals surface area contributed by atoms with Gasteiger partial charge < -0.3 is 15.0 Å². The second-order valence-corrected chi connectivity index (χ2v) is 6.17. The number of nitrogens with one attached hydrogen (secondary N) is 2. The molecule has 0 fully saturated rings. The molecule has 3 aromatic rings. The van der Waals surface area contributed by atoms with E-state index in [-0.39, 0.29) is 30.0 Å². The van der Waals surface area contributed by atoms with E-state index in [1.165, 1.54) is 0 Å². The largest absolute Gasteiger partial charge is 0.497 e. The van der Waals surface area contributed by atoms with E-state index in [1.54, 1.807) is 13.3 Å². The standard InChI is InChI=1S/C20H21N5O3/c1-28-16-7-4-5-14(11-16)12-18-23-20(27)17(24-25-18)8-9-19(26)22-13-15-6-2-3-10-21-15/h2-7,10-11H,8-9,12-13H2,1H3,(H,22,26)(H,23,25,27). The van der Waals surface area contributed by atoms with Crippen LogP contribution < -0.4 is 15.6 Å². The zero-order valence-electron chi connectivity index (χ0n) is 15.5. The minimum absolute atomic E-state index is 0.153. The van der Waals surface area contributed by atoms with Crippen molar-refractivity contribution < 1.29 is 9.53 Å². The van der Waals surface area contributed by atoms with E-state index in [2.05, 4.69) is 25.5 Å². The van der Waals surface area contributed by atoms with Crippen LogP contribution in [0.2, 0.25) is 0 Å². The van der Waals surface area contributed by atoms with E-state index in [9.17, 15) is 9.59 Å². The summed E-state index contributed by atoms with van der Waals surface area (Å²) >= 11 is 0. The minimum atomic E-state index is -0.328. The Labute approximate surface area is 162 Å². The maximum Gasteiger partial charge on any atom is 0.272 e. The summed E-state index contributed by atoms with van der Waals surface area (Å²) < 4.78 is 5.19. The fraction of sp³-hybridized carbons (Fsp3) is 0.250. The summed E-state index contributed by atoms with van der Waals surface area (Å²) in [5.74, 6) is 1.02. The monoisotopic (exact) mass is 379 g/mol. The van der Waals surface area contributed by atoms with Crippen LogP contribution in [0.3, 0.4) is 0 Å². The predicted molar refractivity (Wildman–Crippen MR) is 103 cm³/mol. The molecule has 2 aromatic heterocycles. The molecule has 0 saturated heterocycles. The lowest BCUT2D eigenvalue weighted by atomic mass is 10.1. The number of carbonyl (C=O) groups is 1. The molecule has 0 aliphatic carbocycles. The van der Waals surface area contributed by atoms with Crippen molar-refractivity contribution in [3.8, 4) is 5.75 Å². The van der Waals surface area contributed by atoms with Gasteiger partial charge in [0, 0.05) is 25.5 Å².